The van der Waals surface area contributed by atoms with Gasteiger partial charge in [-0.3, -0.25) is 0 Å². The molecule has 1 aromatic rings. The number of hydrogen-bond donors (Lipinski definition) is 0. The zero-order valence-corrected chi connectivity index (χ0v) is 14.1. The first-order valence-electron chi connectivity index (χ1n) is 7.31. The lowest BCUT2D eigenvalue weighted by Gasteiger charge is -2.38. The Morgan fingerprint density at radius 1 is 1.25 bits per heavy atom. The van der Waals surface area contributed by atoms with Gasteiger partial charge in [0.25, 0.3) is 0 Å². The summed E-state index contributed by atoms with van der Waals surface area (Å²) in [5, 5.41) is 0.771. The smallest absolute Gasteiger partial charge is 0.1000 e. The summed E-state index contributed by atoms with van der Waals surface area (Å²) >= 11 is 5.93. The molecule has 1 heterocycles. The quantitative estimate of drug-likeness (QED) is 0.819. The van der Waals surface area contributed by atoms with E-state index in [1.165, 1.54) is 12.0 Å². The molecule has 112 valence electrons. The van der Waals surface area contributed by atoms with Gasteiger partial charge >= 0.3 is 0 Å². The summed E-state index contributed by atoms with van der Waals surface area (Å²) in [5.41, 5.74) is 1.28. The highest BCUT2D eigenvalue weighted by Crippen LogP contribution is 2.27. The van der Waals surface area contributed by atoms with Crippen molar-refractivity contribution >= 4 is 22.6 Å². The van der Waals surface area contributed by atoms with Crippen LogP contribution in [-0.2, 0) is 17.4 Å². The third-order valence-corrected chi connectivity index (χ3v) is 5.90. The lowest BCUT2D eigenvalue weighted by atomic mass is 9.98. The average molecular weight is 314 g/mol. The molecule has 1 aromatic carbocycles. The molecule has 0 N–H and O–H groups in total. The molecule has 2 nitrogen and oxygen atoms in total. The fourth-order valence-corrected chi connectivity index (χ4v) is 4.22. The van der Waals surface area contributed by atoms with Gasteiger partial charge in [-0.2, -0.15) is 0 Å². The highest BCUT2D eigenvalue weighted by Gasteiger charge is 2.33. The topological polar surface area (TPSA) is 20.3 Å². The molecule has 0 aliphatic carbocycles. The van der Waals surface area contributed by atoms with Crippen molar-refractivity contribution in [2.75, 3.05) is 6.54 Å². The maximum atomic E-state index is 12.7. The molecule has 0 radical (unpaired) electrons. The van der Waals surface area contributed by atoms with E-state index in [-0.39, 0.29) is 4.75 Å². The van der Waals surface area contributed by atoms with E-state index in [2.05, 4.69) is 37.2 Å². The summed E-state index contributed by atoms with van der Waals surface area (Å²) in [5.74, 6) is 0. The number of benzene rings is 1. The minimum absolute atomic E-state index is 0.185. The fourth-order valence-electron chi connectivity index (χ4n) is 2.64. The lowest BCUT2D eigenvalue weighted by molar-refractivity contribution is 0.258. The third kappa shape index (κ3) is 4.06. The molecule has 4 heteroatoms. The van der Waals surface area contributed by atoms with Crippen LogP contribution in [0.25, 0.3) is 0 Å². The van der Waals surface area contributed by atoms with Crippen molar-refractivity contribution in [3.63, 3.8) is 0 Å². The van der Waals surface area contributed by atoms with Crippen LogP contribution in [0, 0.1) is 0 Å². The predicted octanol–water partition coefficient (Wildman–Crippen LogP) is 4.20. The van der Waals surface area contributed by atoms with Crippen LogP contribution in [-0.4, -0.2) is 25.8 Å². The fraction of sp³-hybridized carbons (Fsp3) is 0.625. The van der Waals surface area contributed by atoms with Crippen LogP contribution < -0.4 is 0 Å². The Kier molecular flexibility index (Phi) is 5.27. The summed E-state index contributed by atoms with van der Waals surface area (Å²) < 4.78 is 14.7. The molecule has 2 rings (SSSR count). The largest absolute Gasteiger partial charge is 0.242 e. The number of piperidine rings is 1. The Morgan fingerprint density at radius 3 is 2.50 bits per heavy atom. The van der Waals surface area contributed by atoms with Crippen LogP contribution in [0.1, 0.15) is 45.6 Å². The van der Waals surface area contributed by atoms with Crippen LogP contribution in [0.15, 0.2) is 24.3 Å². The lowest BCUT2D eigenvalue weighted by Crippen LogP contribution is -2.47. The van der Waals surface area contributed by atoms with E-state index in [9.17, 15) is 4.21 Å². The minimum atomic E-state index is -0.925. The van der Waals surface area contributed by atoms with Crippen molar-refractivity contribution in [3.05, 3.63) is 34.9 Å². The van der Waals surface area contributed by atoms with Crippen LogP contribution in [0.3, 0.4) is 0 Å². The molecule has 1 fully saturated rings. The zero-order chi connectivity index (χ0) is 14.8. The molecule has 1 aliphatic rings. The highest BCUT2D eigenvalue weighted by atomic mass is 35.5. The first kappa shape index (κ1) is 16.0. The monoisotopic (exact) mass is 313 g/mol. The number of rotatable bonds is 3. The third-order valence-electron chi connectivity index (χ3n) is 3.69. The van der Waals surface area contributed by atoms with Gasteiger partial charge in [0.15, 0.2) is 0 Å². The van der Waals surface area contributed by atoms with Crippen molar-refractivity contribution in [1.29, 1.82) is 0 Å². The first-order valence-corrected chi connectivity index (χ1v) is 8.79. The van der Waals surface area contributed by atoms with Crippen LogP contribution >= 0.6 is 11.6 Å². The van der Waals surface area contributed by atoms with Gasteiger partial charge in [-0.15, -0.1) is 0 Å². The highest BCUT2D eigenvalue weighted by molar-refractivity contribution is 7.84. The van der Waals surface area contributed by atoms with Gasteiger partial charge in [-0.1, -0.05) is 30.2 Å². The van der Waals surface area contributed by atoms with Crippen molar-refractivity contribution in [3.8, 4) is 0 Å². The van der Waals surface area contributed by atoms with Crippen LogP contribution in [0.4, 0.5) is 0 Å². The summed E-state index contributed by atoms with van der Waals surface area (Å²) in [4.78, 5) is 0. The minimum Gasteiger partial charge on any atom is -0.242 e. The van der Waals surface area contributed by atoms with Crippen LogP contribution in [0.2, 0.25) is 5.02 Å². The van der Waals surface area contributed by atoms with Gasteiger partial charge in [0.1, 0.15) is 0 Å². The second-order valence-corrected chi connectivity index (χ2v) is 9.11. The molecule has 0 saturated carbocycles. The van der Waals surface area contributed by atoms with Gasteiger partial charge in [-0.05, 0) is 57.7 Å². The van der Waals surface area contributed by atoms with Crippen LogP contribution in [0.5, 0.6) is 0 Å². The maximum Gasteiger partial charge on any atom is 0.1000 e. The van der Waals surface area contributed by atoms with E-state index in [1.807, 2.05) is 12.1 Å². The Bertz CT molecular complexity index is 466. The van der Waals surface area contributed by atoms with E-state index in [4.69, 9.17) is 11.6 Å². The molecule has 0 unspecified atom stereocenters. The molecule has 1 aliphatic heterocycles. The summed E-state index contributed by atoms with van der Waals surface area (Å²) in [6.07, 6.45) is 4.47. The van der Waals surface area contributed by atoms with E-state index < -0.39 is 11.0 Å². The van der Waals surface area contributed by atoms with Gasteiger partial charge < -0.3 is 0 Å². The Labute approximate surface area is 130 Å². The molecule has 2 atom stereocenters. The Balaban J connectivity index is 2.11. The van der Waals surface area contributed by atoms with Crippen molar-refractivity contribution < 1.29 is 4.21 Å². The van der Waals surface area contributed by atoms with E-state index in [1.54, 1.807) is 0 Å². The standard InChI is InChI=1S/C16H24ClNOS/c1-16(2,3)20(19)18-11-5-4-6-15(18)12-13-7-9-14(17)10-8-13/h7-10,15H,4-6,11-12H2,1-3H3/t15-,20-/m1/s1. The summed E-state index contributed by atoms with van der Waals surface area (Å²) in [6, 6.07) is 8.41. The molecule has 0 bridgehead atoms. The van der Waals surface area contributed by atoms with Gasteiger partial charge in [0.2, 0.25) is 0 Å². The first-order chi connectivity index (χ1) is 9.38. The number of halogens is 1. The Hall–Kier alpha value is -0.380. The maximum absolute atomic E-state index is 12.7. The Morgan fingerprint density at radius 2 is 1.90 bits per heavy atom. The summed E-state index contributed by atoms with van der Waals surface area (Å²) in [7, 11) is -0.925. The predicted molar refractivity (Wildman–Crippen MR) is 87.4 cm³/mol. The molecular weight excluding hydrogens is 290 g/mol. The number of nitrogens with zero attached hydrogens (tertiary/aromatic N) is 1. The van der Waals surface area contributed by atoms with Crippen molar-refractivity contribution in [1.82, 2.24) is 4.31 Å². The molecule has 0 amide bonds. The summed E-state index contributed by atoms with van der Waals surface area (Å²) in [6.45, 7) is 7.10. The molecule has 1 saturated heterocycles. The molecular formula is C16H24ClNOS. The van der Waals surface area contributed by atoms with Gasteiger partial charge in [0.05, 0.1) is 15.7 Å². The molecule has 0 spiro atoms. The van der Waals surface area contributed by atoms with E-state index >= 15 is 0 Å². The average Bonchev–Trinajstić information content (AvgIpc) is 2.40. The van der Waals surface area contributed by atoms with Crippen molar-refractivity contribution in [2.45, 2.75) is 57.2 Å². The SMILES string of the molecule is CC(C)(C)[S@@](=O)N1CCCC[C@@H]1Cc1ccc(Cl)cc1. The molecule has 0 aromatic heterocycles. The van der Waals surface area contributed by atoms with Crippen molar-refractivity contribution in [2.24, 2.45) is 0 Å². The molecule has 20 heavy (non-hydrogen) atoms. The normalized spacial score (nSPS) is 22.7. The second kappa shape index (κ2) is 6.59. The van der Waals surface area contributed by atoms with Gasteiger partial charge in [0, 0.05) is 17.6 Å². The second-order valence-electron chi connectivity index (χ2n) is 6.48. The number of hydrogen-bond acceptors (Lipinski definition) is 1. The zero-order valence-electron chi connectivity index (χ0n) is 12.6. The van der Waals surface area contributed by atoms with E-state index in [0.29, 0.717) is 6.04 Å². The van der Waals surface area contributed by atoms with Gasteiger partial charge in [-0.25, -0.2) is 8.51 Å². The van der Waals surface area contributed by atoms with E-state index in [0.717, 1.165) is 30.8 Å².